The third kappa shape index (κ3) is 5.37. The molecule has 15 rings (SSSR count). The van der Waals surface area contributed by atoms with Gasteiger partial charge in [-0.15, -0.1) is 0 Å². The molecule has 1 heterocycles. The Bertz CT molecular complexity index is 4470. The Morgan fingerprint density at radius 3 is 1.15 bits per heavy atom. The highest BCUT2D eigenvalue weighted by molar-refractivity contribution is 6.31. The van der Waals surface area contributed by atoms with E-state index in [-0.39, 0.29) is 0 Å². The summed E-state index contributed by atoms with van der Waals surface area (Å²) < 4.78 is 7.11. The van der Waals surface area contributed by atoms with Crippen molar-refractivity contribution in [2.24, 2.45) is 0 Å². The summed E-state index contributed by atoms with van der Waals surface area (Å²) in [5.41, 5.74) is 13.8. The van der Waals surface area contributed by atoms with Gasteiger partial charge in [0.25, 0.3) is 0 Å². The Labute approximate surface area is 386 Å². The first kappa shape index (κ1) is 36.5. The summed E-state index contributed by atoms with van der Waals surface area (Å²) in [6.07, 6.45) is 0. The second-order valence-corrected chi connectivity index (χ2v) is 18.3. The minimum Gasteiger partial charge on any atom is -0.456 e. The molecule has 0 N–H and O–H groups in total. The first-order chi connectivity index (χ1) is 33.2. The Balaban J connectivity index is 1.02. The molecular weight excluding hydrogens is 809 g/mol. The van der Waals surface area contributed by atoms with Crippen molar-refractivity contribution in [3.05, 3.63) is 231 Å². The largest absolute Gasteiger partial charge is 0.456 e. The maximum absolute atomic E-state index is 7.11. The summed E-state index contributed by atoms with van der Waals surface area (Å²) in [6, 6.07) is 85.4. The van der Waals surface area contributed by atoms with Crippen molar-refractivity contribution >= 4 is 97.3 Å². The fraction of sp³-hybridized carbons (Fsp3) is 0. The van der Waals surface area contributed by atoms with Gasteiger partial charge in [0.15, 0.2) is 0 Å². The first-order valence-corrected chi connectivity index (χ1v) is 23.2. The van der Waals surface area contributed by atoms with Gasteiger partial charge >= 0.3 is 0 Å². The van der Waals surface area contributed by atoms with Gasteiger partial charge in [0.1, 0.15) is 11.2 Å². The zero-order valence-corrected chi connectivity index (χ0v) is 36.3. The lowest BCUT2D eigenvalue weighted by atomic mass is 9.84. The van der Waals surface area contributed by atoms with E-state index >= 15 is 0 Å². The Morgan fingerprint density at radius 1 is 0.194 bits per heavy atom. The van der Waals surface area contributed by atoms with E-state index in [1.54, 1.807) is 0 Å². The van der Waals surface area contributed by atoms with Crippen LogP contribution < -0.4 is 0 Å². The molecule has 1 nitrogen and oxygen atoms in total. The molecule has 14 aromatic carbocycles. The molecule has 0 unspecified atom stereocenters. The molecule has 1 aromatic heterocycles. The minimum atomic E-state index is 0.884. The summed E-state index contributed by atoms with van der Waals surface area (Å²) in [5, 5.41) is 19.9. The van der Waals surface area contributed by atoms with Crippen LogP contribution in [0.4, 0.5) is 0 Å². The first-order valence-electron chi connectivity index (χ1n) is 23.2. The van der Waals surface area contributed by atoms with Gasteiger partial charge in [0.2, 0.25) is 0 Å². The van der Waals surface area contributed by atoms with E-state index in [0.717, 1.165) is 32.9 Å². The fourth-order valence-electron chi connectivity index (χ4n) is 11.7. The normalized spacial score (nSPS) is 12.2. The van der Waals surface area contributed by atoms with Gasteiger partial charge in [0, 0.05) is 10.8 Å². The van der Waals surface area contributed by atoms with E-state index in [1.165, 1.54) is 120 Å². The Morgan fingerprint density at radius 2 is 0.627 bits per heavy atom. The van der Waals surface area contributed by atoms with Crippen molar-refractivity contribution in [2.45, 2.75) is 0 Å². The van der Waals surface area contributed by atoms with Crippen LogP contribution in [0.2, 0.25) is 0 Å². The number of benzene rings is 14. The van der Waals surface area contributed by atoms with Crippen molar-refractivity contribution in [1.29, 1.82) is 0 Å². The molecule has 0 atom stereocenters. The van der Waals surface area contributed by atoms with Crippen LogP contribution in [0.1, 0.15) is 0 Å². The van der Waals surface area contributed by atoms with Crippen molar-refractivity contribution < 1.29 is 4.42 Å². The summed E-state index contributed by atoms with van der Waals surface area (Å²) in [4.78, 5) is 0. The SMILES string of the molecule is c1ccc(-c2ccc3cc4c(cc3c2)oc2cc(-c3ccc5ccc6c(-c7ccccc7)ccc7ccc3c5c76)cc(-c3ccc5ccc6c(-c7ccccc7)ccc7ccc3c5c76)c24)cc1. The topological polar surface area (TPSA) is 13.1 Å². The molecule has 0 radical (unpaired) electrons. The van der Waals surface area contributed by atoms with Crippen molar-refractivity contribution in [1.82, 2.24) is 0 Å². The monoisotopic (exact) mass is 846 g/mol. The van der Waals surface area contributed by atoms with Crippen molar-refractivity contribution in [3.8, 4) is 55.6 Å². The van der Waals surface area contributed by atoms with Gasteiger partial charge in [-0.25, -0.2) is 0 Å². The van der Waals surface area contributed by atoms with E-state index < -0.39 is 0 Å². The second-order valence-electron chi connectivity index (χ2n) is 18.3. The molecule has 308 valence electrons. The molecule has 0 aliphatic heterocycles. The maximum Gasteiger partial charge on any atom is 0.136 e. The summed E-state index contributed by atoms with van der Waals surface area (Å²) in [7, 11) is 0. The fourth-order valence-corrected chi connectivity index (χ4v) is 11.7. The predicted octanol–water partition coefficient (Wildman–Crippen LogP) is 18.9. The summed E-state index contributed by atoms with van der Waals surface area (Å²) in [6.45, 7) is 0. The predicted molar refractivity (Wildman–Crippen MR) is 286 cm³/mol. The molecule has 0 saturated carbocycles. The van der Waals surface area contributed by atoms with Gasteiger partial charge in [0.05, 0.1) is 0 Å². The molecule has 15 aromatic rings. The van der Waals surface area contributed by atoms with Crippen LogP contribution in [0.25, 0.3) is 153 Å². The molecule has 1 heteroatoms. The number of hydrogen-bond acceptors (Lipinski definition) is 1. The highest BCUT2D eigenvalue weighted by Crippen LogP contribution is 2.49. The average Bonchev–Trinajstić information content (AvgIpc) is 3.76. The molecule has 0 spiro atoms. The van der Waals surface area contributed by atoms with Crippen LogP contribution in [-0.2, 0) is 0 Å². The third-order valence-electron chi connectivity index (χ3n) is 14.7. The van der Waals surface area contributed by atoms with E-state index in [1.807, 2.05) is 0 Å². The highest BCUT2D eigenvalue weighted by Gasteiger charge is 2.22. The second kappa shape index (κ2) is 13.9. The molecule has 67 heavy (non-hydrogen) atoms. The van der Waals surface area contributed by atoms with Crippen molar-refractivity contribution in [3.63, 3.8) is 0 Å². The Kier molecular flexibility index (Phi) is 7.56. The van der Waals surface area contributed by atoms with Crippen LogP contribution in [0.5, 0.6) is 0 Å². The van der Waals surface area contributed by atoms with E-state index in [2.05, 4.69) is 231 Å². The number of furan rings is 1. The lowest BCUT2D eigenvalue weighted by Crippen LogP contribution is -1.91. The van der Waals surface area contributed by atoms with Crippen LogP contribution in [0.3, 0.4) is 0 Å². The number of fused-ring (bicyclic) bond motifs is 4. The standard InChI is InChI=1S/C66H38O/c1-4-10-39(11-5-1)46-16-17-47-35-59-60(37-48(47)34-46)67-61-38-49(52-28-20-44-22-30-54-50(40-12-6-2-7-13-40)26-18-42-24-32-56(52)64(44)62(42)54)36-58(66(59)61)53-29-21-45-23-31-55-51(41-14-8-3-9-15-41)27-19-43-25-33-57(53)65(45)63(43)55/h1-38H. The summed E-state index contributed by atoms with van der Waals surface area (Å²) >= 11 is 0. The molecular formula is C66H38O. The Hall–Kier alpha value is -8.78. The lowest BCUT2D eigenvalue weighted by molar-refractivity contribution is 0.669. The van der Waals surface area contributed by atoms with Crippen molar-refractivity contribution in [2.75, 3.05) is 0 Å². The van der Waals surface area contributed by atoms with Crippen LogP contribution >= 0.6 is 0 Å². The smallest absolute Gasteiger partial charge is 0.136 e. The quantitative estimate of drug-likeness (QED) is 0.157. The van der Waals surface area contributed by atoms with Gasteiger partial charge in [-0.2, -0.15) is 0 Å². The zero-order chi connectivity index (χ0) is 43.7. The number of hydrogen-bond donors (Lipinski definition) is 0. The van der Waals surface area contributed by atoms with Gasteiger partial charge in [-0.3, -0.25) is 0 Å². The zero-order valence-electron chi connectivity index (χ0n) is 36.3. The third-order valence-corrected chi connectivity index (χ3v) is 14.7. The van der Waals surface area contributed by atoms with Crippen LogP contribution in [0, 0.1) is 0 Å². The molecule has 0 aliphatic carbocycles. The van der Waals surface area contributed by atoms with E-state index in [0.29, 0.717) is 0 Å². The van der Waals surface area contributed by atoms with Gasteiger partial charge < -0.3 is 4.42 Å². The molecule has 0 aliphatic rings. The minimum absolute atomic E-state index is 0.884. The highest BCUT2D eigenvalue weighted by atomic mass is 16.3. The number of rotatable bonds is 5. The molecule has 0 bridgehead atoms. The average molecular weight is 847 g/mol. The van der Waals surface area contributed by atoms with E-state index in [4.69, 9.17) is 4.42 Å². The van der Waals surface area contributed by atoms with Crippen LogP contribution in [0.15, 0.2) is 235 Å². The van der Waals surface area contributed by atoms with E-state index in [9.17, 15) is 0 Å². The molecule has 0 fully saturated rings. The molecule has 0 amide bonds. The molecule has 0 saturated heterocycles. The lowest BCUT2D eigenvalue weighted by Gasteiger charge is -2.18. The van der Waals surface area contributed by atoms with Gasteiger partial charge in [-0.1, -0.05) is 200 Å². The van der Waals surface area contributed by atoms with Crippen LogP contribution in [-0.4, -0.2) is 0 Å². The maximum atomic E-state index is 7.11. The van der Waals surface area contributed by atoms with Gasteiger partial charge in [-0.05, 0) is 161 Å². The summed E-state index contributed by atoms with van der Waals surface area (Å²) in [5.74, 6) is 0.